The third-order valence-electron chi connectivity index (χ3n) is 9.69. The van der Waals surface area contributed by atoms with Crippen LogP contribution >= 0.6 is 0 Å². The molecule has 5 aromatic carbocycles. The van der Waals surface area contributed by atoms with E-state index in [-0.39, 0.29) is 28.2 Å². The summed E-state index contributed by atoms with van der Waals surface area (Å²) in [6, 6.07) is 22.6. The number of carbonyl (C=O) groups excluding carboxylic acids is 5. The molecule has 63 heavy (non-hydrogen) atoms. The Labute approximate surface area is 360 Å². The Balaban J connectivity index is 0.000000216. The summed E-state index contributed by atoms with van der Waals surface area (Å²) in [4.78, 5) is 78.1. The van der Waals surface area contributed by atoms with Crippen LogP contribution in [-0.4, -0.2) is 62.2 Å². The van der Waals surface area contributed by atoms with Crippen molar-refractivity contribution in [2.24, 2.45) is 0 Å². The number of hydrogen-bond acceptors (Lipinski definition) is 14. The lowest BCUT2D eigenvalue weighted by atomic mass is 9.76. The van der Waals surface area contributed by atoms with Crippen LogP contribution in [0.3, 0.4) is 0 Å². The van der Waals surface area contributed by atoms with E-state index in [0.717, 1.165) is 36.1 Å². The van der Waals surface area contributed by atoms with Crippen molar-refractivity contribution in [3.8, 4) is 34.5 Å². The van der Waals surface area contributed by atoms with Crippen molar-refractivity contribution in [2.45, 2.75) is 66.4 Å². The fourth-order valence-electron chi connectivity index (χ4n) is 6.93. The lowest BCUT2D eigenvalue weighted by molar-refractivity contribution is -0.134. The molecule has 3 heterocycles. The van der Waals surface area contributed by atoms with Crippen LogP contribution in [0, 0.1) is 0 Å². The summed E-state index contributed by atoms with van der Waals surface area (Å²) in [6.45, 7) is 9.61. The van der Waals surface area contributed by atoms with E-state index in [1.807, 2.05) is 45.0 Å². The van der Waals surface area contributed by atoms with Gasteiger partial charge in [0.1, 0.15) is 34.5 Å². The molecule has 0 radical (unpaired) electrons. The van der Waals surface area contributed by atoms with E-state index in [2.05, 4.69) is 4.74 Å². The Morgan fingerprint density at radius 3 is 1.59 bits per heavy atom. The maximum atomic E-state index is 13.1. The summed E-state index contributed by atoms with van der Waals surface area (Å²) >= 11 is 0. The third-order valence-corrected chi connectivity index (χ3v) is 9.69. The van der Waals surface area contributed by atoms with Crippen molar-refractivity contribution < 1.29 is 77.7 Å². The van der Waals surface area contributed by atoms with Crippen LogP contribution in [0.4, 0.5) is 0 Å². The molecule has 16 heteroatoms. The molecule has 326 valence electrons. The van der Waals surface area contributed by atoms with Crippen molar-refractivity contribution in [2.75, 3.05) is 0 Å². The van der Waals surface area contributed by atoms with Gasteiger partial charge >= 0.3 is 35.8 Å². The van der Waals surface area contributed by atoms with Crippen LogP contribution in [0.25, 0.3) is 0 Å². The first kappa shape index (κ1) is 46.1. The molecule has 0 amide bonds. The summed E-state index contributed by atoms with van der Waals surface area (Å²) in [7, 11) is 0. The van der Waals surface area contributed by atoms with E-state index in [4.69, 9.17) is 44.2 Å². The Hall–Kier alpha value is -8.01. The smallest absolute Gasteiger partial charge is 0.346 e. The minimum absolute atomic E-state index is 0.00917. The Kier molecular flexibility index (Phi) is 14.0. The maximum absolute atomic E-state index is 13.1. The van der Waals surface area contributed by atoms with Gasteiger partial charge in [-0.3, -0.25) is 14.4 Å². The normalized spacial score (nSPS) is 13.0. The highest BCUT2D eigenvalue weighted by Crippen LogP contribution is 2.58. The quantitative estimate of drug-likeness (QED) is 0.0726. The zero-order valence-corrected chi connectivity index (χ0v) is 34.9. The number of carboxylic acid groups (broad SMARTS) is 2. The Morgan fingerprint density at radius 2 is 1.10 bits per heavy atom. The van der Waals surface area contributed by atoms with Crippen LogP contribution in [-0.2, 0) is 48.7 Å². The second kappa shape index (κ2) is 19.1. The number of fused-ring (bicyclic) bond motifs is 7. The first-order chi connectivity index (χ1) is 29.8. The Morgan fingerprint density at radius 1 is 0.571 bits per heavy atom. The Bertz CT molecular complexity index is 2600. The minimum atomic E-state index is -1.27. The number of aromatic hydroxyl groups is 2. The van der Waals surface area contributed by atoms with Crippen LogP contribution in [0.2, 0.25) is 0 Å². The monoisotopic (exact) mass is 862 g/mol. The predicted molar refractivity (Wildman–Crippen MR) is 222 cm³/mol. The van der Waals surface area contributed by atoms with Crippen molar-refractivity contribution in [1.82, 2.24) is 0 Å². The van der Waals surface area contributed by atoms with Gasteiger partial charge in [0.05, 0.1) is 22.3 Å². The van der Waals surface area contributed by atoms with Gasteiger partial charge in [0.2, 0.25) is 0 Å². The lowest BCUT2D eigenvalue weighted by Gasteiger charge is -2.37. The van der Waals surface area contributed by atoms with E-state index >= 15 is 0 Å². The number of hydrogen-bond donors (Lipinski definition) is 4. The van der Waals surface area contributed by atoms with Crippen molar-refractivity contribution in [3.05, 3.63) is 141 Å². The van der Waals surface area contributed by atoms with Crippen molar-refractivity contribution in [3.63, 3.8) is 0 Å². The molecular weight excluding hydrogens is 821 g/mol. The number of aryl methyl sites for hydroxylation is 3. The molecule has 0 atom stereocenters. The van der Waals surface area contributed by atoms with E-state index in [1.165, 1.54) is 32.0 Å². The van der Waals surface area contributed by atoms with Crippen molar-refractivity contribution in [1.29, 1.82) is 0 Å². The highest BCUT2D eigenvalue weighted by Gasteiger charge is 2.54. The number of cyclic esters (lactones) is 2. The van der Waals surface area contributed by atoms with Gasteiger partial charge in [-0.1, -0.05) is 45.0 Å². The van der Waals surface area contributed by atoms with E-state index in [9.17, 15) is 28.8 Å². The van der Waals surface area contributed by atoms with Gasteiger partial charge < -0.3 is 44.1 Å². The molecule has 4 N–H and O–H groups in total. The number of benzene rings is 5. The zero-order valence-electron chi connectivity index (χ0n) is 34.9. The van der Waals surface area contributed by atoms with Gasteiger partial charge in [-0.25, -0.2) is 19.2 Å². The van der Waals surface area contributed by atoms with Gasteiger partial charge in [-0.05, 0) is 78.4 Å². The first-order valence-electron chi connectivity index (χ1n) is 19.4. The highest BCUT2D eigenvalue weighted by molar-refractivity contribution is 6.15. The molecular formula is C47H42O16. The number of carboxylic acids is 2. The fourth-order valence-corrected chi connectivity index (χ4v) is 6.93. The molecule has 0 saturated carbocycles. The summed E-state index contributed by atoms with van der Waals surface area (Å²) in [6.07, 6.45) is 1.95. The number of esters is 5. The van der Waals surface area contributed by atoms with Gasteiger partial charge in [0, 0.05) is 55.7 Å². The highest BCUT2D eigenvalue weighted by atomic mass is 16.6. The summed E-state index contributed by atoms with van der Waals surface area (Å²) in [5, 5.41) is 34.1. The molecule has 16 nitrogen and oxygen atoms in total. The first-order valence-corrected chi connectivity index (χ1v) is 19.4. The molecule has 0 aromatic heterocycles. The number of aromatic carboxylic acids is 1. The van der Waals surface area contributed by atoms with Crippen LogP contribution in [0.1, 0.15) is 116 Å². The average Bonchev–Trinajstić information content (AvgIpc) is 3.68. The largest absolute Gasteiger partial charge is 0.508 e. The van der Waals surface area contributed by atoms with E-state index < -0.39 is 47.4 Å². The molecule has 0 saturated heterocycles. The number of phenols is 2. The predicted octanol–water partition coefficient (Wildman–Crippen LogP) is 7.68. The summed E-state index contributed by atoms with van der Waals surface area (Å²) < 4.78 is 27.7. The molecule has 0 bridgehead atoms. The third kappa shape index (κ3) is 9.81. The van der Waals surface area contributed by atoms with Crippen LogP contribution in [0.5, 0.6) is 34.5 Å². The number of phenolic OH excluding ortho intramolecular Hbond substituents is 2. The summed E-state index contributed by atoms with van der Waals surface area (Å²) in [5.74, 6) is -3.07. The van der Waals surface area contributed by atoms with Crippen LogP contribution in [0.15, 0.2) is 84.9 Å². The average molecular weight is 863 g/mol. The van der Waals surface area contributed by atoms with Crippen LogP contribution < -0.4 is 14.2 Å². The topological polar surface area (TPSA) is 247 Å². The molecule has 0 aliphatic carbocycles. The molecule has 8 rings (SSSR count). The second-order valence-corrected chi connectivity index (χ2v) is 14.0. The second-order valence-electron chi connectivity index (χ2n) is 14.0. The maximum Gasteiger partial charge on any atom is 0.346 e. The molecule has 1 spiro atoms. The SMILES string of the molecule is CC(=O)O.CCc1cc2c(cc1OC(C)=O)Oc1cc(OC(C)=O)c(CC)cc1C21OC(=O)c2ccccc21.CCc1ccc(O)cc1O.O=C(O)c1ccc2c(c1)C(=O)OC2=O. The van der Waals surface area contributed by atoms with E-state index in [1.54, 1.807) is 36.4 Å². The number of aliphatic carboxylic acids is 1. The molecule has 0 fully saturated rings. The molecule has 5 aromatic rings. The van der Waals surface area contributed by atoms with Crippen molar-refractivity contribution >= 4 is 41.8 Å². The fraction of sp³-hybridized carbons (Fsp3) is 0.213. The lowest BCUT2D eigenvalue weighted by Crippen LogP contribution is -2.33. The number of rotatable bonds is 6. The molecule has 3 aliphatic rings. The standard InChI is InChI=1S/C28H24O7.C9H4O5.C8H10O2.C2H4O2/c1-5-17-11-21-25(13-23(17)32-15(3)29)34-26-14-24(33-16(4)30)18(6-2)12-22(26)28(21)20-10-8-7-9-19(20)27(31)35-28;10-7(11)4-1-2-5-6(3-4)9(13)14-8(5)12;1-2-6-3-4-7(9)5-8(6)10;1-2(3)4/h7-14H,5-6H2,1-4H3;1-3H,(H,10,11);3-5,9-10H,2H2,1H3;1H3,(H,3,4). The van der Waals surface area contributed by atoms with Gasteiger partial charge in [0.15, 0.2) is 5.60 Å². The summed E-state index contributed by atoms with van der Waals surface area (Å²) in [5.41, 5.74) is 3.65. The van der Waals surface area contributed by atoms with Gasteiger partial charge in [-0.15, -0.1) is 0 Å². The number of ether oxygens (including phenoxy) is 5. The van der Waals surface area contributed by atoms with E-state index in [0.29, 0.717) is 58.1 Å². The molecule has 3 aliphatic heterocycles. The molecule has 0 unspecified atom stereocenters. The zero-order chi connectivity index (χ0) is 46.3. The van der Waals surface area contributed by atoms with Gasteiger partial charge in [-0.2, -0.15) is 0 Å². The number of carbonyl (C=O) groups is 7. The minimum Gasteiger partial charge on any atom is -0.508 e. The van der Waals surface area contributed by atoms with Gasteiger partial charge in [0.25, 0.3) is 5.97 Å².